The van der Waals surface area contributed by atoms with Crippen LogP contribution in [0.25, 0.3) is 17.4 Å². The molecule has 1 fully saturated rings. The van der Waals surface area contributed by atoms with E-state index in [1.807, 2.05) is 6.07 Å². The Morgan fingerprint density at radius 3 is 2.96 bits per heavy atom. The number of thiocarbonyl (C=S) groups is 1. The van der Waals surface area contributed by atoms with Crippen molar-refractivity contribution < 1.29 is 18.7 Å². The predicted molar refractivity (Wildman–Crippen MR) is 105 cm³/mol. The number of carbonyl (C=O) groups excluding carboxylic acids is 2. The van der Waals surface area contributed by atoms with Crippen LogP contribution in [-0.4, -0.2) is 36.4 Å². The second-order valence-corrected chi connectivity index (χ2v) is 7.10. The van der Waals surface area contributed by atoms with Crippen molar-refractivity contribution in [3.63, 3.8) is 0 Å². The van der Waals surface area contributed by atoms with Crippen molar-refractivity contribution in [2.75, 3.05) is 20.3 Å². The first kappa shape index (κ1) is 18.4. The summed E-state index contributed by atoms with van der Waals surface area (Å²) in [5.41, 5.74) is 1.30. The zero-order valence-corrected chi connectivity index (χ0v) is 15.5. The van der Waals surface area contributed by atoms with Gasteiger partial charge in [-0.15, -0.1) is 0 Å². The molecule has 2 heterocycles. The van der Waals surface area contributed by atoms with Gasteiger partial charge < -0.3 is 19.8 Å². The van der Waals surface area contributed by atoms with Crippen LogP contribution in [0.15, 0.2) is 45.7 Å². The highest BCUT2D eigenvalue weighted by molar-refractivity contribution is 8.26. The number of nitrogens with one attached hydrogen (secondary N) is 2. The summed E-state index contributed by atoms with van der Waals surface area (Å²) in [6.45, 7) is 0.899. The molecular weight excluding hydrogens is 372 g/mol. The number of carbonyl (C=O) groups is 2. The van der Waals surface area contributed by atoms with E-state index in [1.165, 1.54) is 11.8 Å². The largest absolute Gasteiger partial charge is 0.457 e. The third kappa shape index (κ3) is 4.40. The van der Waals surface area contributed by atoms with Crippen LogP contribution < -0.4 is 10.6 Å². The number of benzene rings is 1. The second kappa shape index (κ2) is 8.31. The minimum atomic E-state index is -0.229. The molecule has 3 rings (SSSR count). The van der Waals surface area contributed by atoms with Crippen LogP contribution in [-0.2, 0) is 9.53 Å². The van der Waals surface area contributed by atoms with Gasteiger partial charge in [-0.2, -0.15) is 0 Å². The molecule has 0 spiro atoms. The standard InChI is InChI=1S/C18H16N2O4S2/c1-23-8-7-19-16(21)12-4-2-3-11(9-12)14-6-5-13(24-14)10-15-17(22)20-18(25)26-15/h2-6,9-10H,7-8H2,1H3,(H,19,21)(H,20,22,25). The quantitative estimate of drug-likeness (QED) is 0.450. The fourth-order valence-electron chi connectivity index (χ4n) is 2.32. The van der Waals surface area contributed by atoms with Crippen molar-refractivity contribution in [2.45, 2.75) is 0 Å². The van der Waals surface area contributed by atoms with Gasteiger partial charge in [0.25, 0.3) is 11.8 Å². The van der Waals surface area contributed by atoms with Gasteiger partial charge in [-0.1, -0.05) is 36.1 Å². The lowest BCUT2D eigenvalue weighted by Crippen LogP contribution is -2.26. The molecule has 8 heteroatoms. The lowest BCUT2D eigenvalue weighted by molar-refractivity contribution is -0.115. The Bertz CT molecular complexity index is 889. The molecule has 2 N–H and O–H groups in total. The van der Waals surface area contributed by atoms with E-state index in [4.69, 9.17) is 21.4 Å². The summed E-state index contributed by atoms with van der Waals surface area (Å²) in [7, 11) is 1.58. The molecule has 0 atom stereocenters. The van der Waals surface area contributed by atoms with Crippen LogP contribution in [0.3, 0.4) is 0 Å². The van der Waals surface area contributed by atoms with Crippen LogP contribution in [0.4, 0.5) is 0 Å². The SMILES string of the molecule is COCCNC(=O)c1cccc(-c2ccc(C=C3SC(=S)NC3=O)o2)c1. The van der Waals surface area contributed by atoms with Gasteiger partial charge in [-0.05, 0) is 24.3 Å². The second-order valence-electron chi connectivity index (χ2n) is 5.38. The van der Waals surface area contributed by atoms with Gasteiger partial charge in [0.1, 0.15) is 15.8 Å². The number of hydrogen-bond acceptors (Lipinski definition) is 6. The molecule has 1 aromatic heterocycles. The van der Waals surface area contributed by atoms with Gasteiger partial charge in [0.15, 0.2) is 0 Å². The fraction of sp³-hybridized carbons (Fsp3) is 0.167. The number of amides is 2. The maximum absolute atomic E-state index is 12.1. The van der Waals surface area contributed by atoms with Crippen molar-refractivity contribution in [3.05, 3.63) is 52.6 Å². The predicted octanol–water partition coefficient (Wildman–Crippen LogP) is 2.81. The topological polar surface area (TPSA) is 80.6 Å². The summed E-state index contributed by atoms with van der Waals surface area (Å²) < 4.78 is 11.1. The monoisotopic (exact) mass is 388 g/mol. The summed E-state index contributed by atoms with van der Waals surface area (Å²) >= 11 is 6.16. The first-order valence-corrected chi connectivity index (χ1v) is 9.01. The molecule has 2 amide bonds. The molecule has 26 heavy (non-hydrogen) atoms. The first-order valence-electron chi connectivity index (χ1n) is 7.79. The Hall–Kier alpha value is -2.42. The van der Waals surface area contributed by atoms with E-state index in [0.717, 1.165) is 5.56 Å². The van der Waals surface area contributed by atoms with Gasteiger partial charge >= 0.3 is 0 Å². The molecule has 1 aliphatic rings. The summed E-state index contributed by atoms with van der Waals surface area (Å²) in [6.07, 6.45) is 1.64. The van der Waals surface area contributed by atoms with Crippen molar-refractivity contribution in [3.8, 4) is 11.3 Å². The van der Waals surface area contributed by atoms with Gasteiger partial charge in [0.05, 0.1) is 11.5 Å². The van der Waals surface area contributed by atoms with Crippen LogP contribution >= 0.6 is 24.0 Å². The molecule has 2 aromatic rings. The molecule has 0 bridgehead atoms. The van der Waals surface area contributed by atoms with Crippen molar-refractivity contribution in [1.82, 2.24) is 10.6 Å². The minimum absolute atomic E-state index is 0.176. The number of thioether (sulfide) groups is 1. The Morgan fingerprint density at radius 2 is 2.23 bits per heavy atom. The number of furan rings is 1. The average Bonchev–Trinajstić information content (AvgIpc) is 3.22. The number of hydrogen-bond donors (Lipinski definition) is 2. The zero-order valence-electron chi connectivity index (χ0n) is 13.9. The third-order valence-electron chi connectivity index (χ3n) is 3.54. The van der Waals surface area contributed by atoms with Gasteiger partial charge in [-0.3, -0.25) is 9.59 Å². The van der Waals surface area contributed by atoms with E-state index in [2.05, 4.69) is 10.6 Å². The molecule has 1 aromatic carbocycles. The highest BCUT2D eigenvalue weighted by atomic mass is 32.2. The highest BCUT2D eigenvalue weighted by Gasteiger charge is 2.22. The number of methoxy groups -OCH3 is 1. The Labute approximate surface area is 160 Å². The van der Waals surface area contributed by atoms with E-state index in [-0.39, 0.29) is 11.8 Å². The van der Waals surface area contributed by atoms with Crippen LogP contribution in [0.5, 0.6) is 0 Å². The smallest absolute Gasteiger partial charge is 0.263 e. The van der Waals surface area contributed by atoms with Crippen LogP contribution in [0, 0.1) is 0 Å². The molecule has 1 aliphatic heterocycles. The molecule has 0 saturated carbocycles. The van der Waals surface area contributed by atoms with Crippen LogP contribution in [0.2, 0.25) is 0 Å². The first-order chi connectivity index (χ1) is 12.6. The number of ether oxygens (including phenoxy) is 1. The highest BCUT2D eigenvalue weighted by Crippen LogP contribution is 2.29. The molecular formula is C18H16N2O4S2. The van der Waals surface area contributed by atoms with Crippen molar-refractivity contribution in [1.29, 1.82) is 0 Å². The summed E-state index contributed by atoms with van der Waals surface area (Å²) in [4.78, 5) is 24.3. The van der Waals surface area contributed by atoms with E-state index in [9.17, 15) is 9.59 Å². The van der Waals surface area contributed by atoms with E-state index < -0.39 is 0 Å². The zero-order chi connectivity index (χ0) is 18.5. The Morgan fingerprint density at radius 1 is 1.38 bits per heavy atom. The minimum Gasteiger partial charge on any atom is -0.457 e. The molecule has 6 nitrogen and oxygen atoms in total. The summed E-state index contributed by atoms with van der Waals surface area (Å²) in [5.74, 6) is 0.740. The normalized spacial score (nSPS) is 15.3. The third-order valence-corrected chi connectivity index (χ3v) is 4.71. The van der Waals surface area contributed by atoms with E-state index in [0.29, 0.717) is 39.5 Å². The molecule has 0 radical (unpaired) electrons. The van der Waals surface area contributed by atoms with E-state index >= 15 is 0 Å². The van der Waals surface area contributed by atoms with Crippen LogP contribution in [0.1, 0.15) is 16.1 Å². The summed E-state index contributed by atoms with van der Waals surface area (Å²) in [6, 6.07) is 10.7. The lowest BCUT2D eigenvalue weighted by atomic mass is 10.1. The van der Waals surface area contributed by atoms with E-state index in [1.54, 1.807) is 43.5 Å². The van der Waals surface area contributed by atoms with Gasteiger partial charge in [-0.25, -0.2) is 0 Å². The van der Waals surface area contributed by atoms with Gasteiger partial charge in [0, 0.05) is 30.9 Å². The van der Waals surface area contributed by atoms with Crippen molar-refractivity contribution >= 4 is 46.2 Å². The molecule has 134 valence electrons. The maximum atomic E-state index is 12.1. The van der Waals surface area contributed by atoms with Gasteiger partial charge in [0.2, 0.25) is 0 Å². The fourth-order valence-corrected chi connectivity index (χ4v) is 3.34. The Balaban J connectivity index is 1.76. The maximum Gasteiger partial charge on any atom is 0.263 e. The molecule has 1 saturated heterocycles. The summed E-state index contributed by atoms with van der Waals surface area (Å²) in [5, 5.41) is 5.34. The molecule has 0 aliphatic carbocycles. The molecule has 0 unspecified atom stereocenters. The average molecular weight is 388 g/mol. The number of rotatable bonds is 6. The Kier molecular flexibility index (Phi) is 5.87. The lowest BCUT2D eigenvalue weighted by Gasteiger charge is -2.05. The van der Waals surface area contributed by atoms with Crippen molar-refractivity contribution in [2.24, 2.45) is 0 Å².